The van der Waals surface area contributed by atoms with Crippen LogP contribution in [-0.2, 0) is 0 Å². The fourth-order valence-electron chi connectivity index (χ4n) is 2.04. The number of methoxy groups -OCH3 is 1. The van der Waals surface area contributed by atoms with Gasteiger partial charge in [-0.05, 0) is 24.3 Å². The van der Waals surface area contributed by atoms with Crippen LogP contribution < -0.4 is 10.5 Å². The number of ketones is 1. The number of anilines is 1. The summed E-state index contributed by atoms with van der Waals surface area (Å²) >= 11 is 0. The van der Waals surface area contributed by atoms with Crippen molar-refractivity contribution in [2.75, 3.05) is 12.8 Å². The van der Waals surface area contributed by atoms with Gasteiger partial charge in [-0.25, -0.2) is 0 Å². The molecule has 0 bridgehead atoms. The van der Waals surface area contributed by atoms with E-state index in [-0.39, 0.29) is 17.3 Å². The van der Waals surface area contributed by atoms with Crippen LogP contribution in [0.2, 0.25) is 0 Å². The highest BCUT2D eigenvalue weighted by Gasteiger charge is 2.18. The zero-order valence-electron chi connectivity index (χ0n) is 11.9. The van der Waals surface area contributed by atoms with Crippen molar-refractivity contribution in [2.45, 2.75) is 0 Å². The van der Waals surface area contributed by atoms with Crippen molar-refractivity contribution in [3.05, 3.63) is 65.9 Å². The molecule has 0 aliphatic carbocycles. The lowest BCUT2D eigenvalue weighted by molar-refractivity contribution is 0.103. The zero-order chi connectivity index (χ0) is 15.5. The molecule has 6 heteroatoms. The normalized spacial score (nSPS) is 10.4. The van der Waals surface area contributed by atoms with Crippen molar-refractivity contribution in [1.29, 1.82) is 0 Å². The molecule has 0 fully saturated rings. The fraction of sp³-hybridized carbons (Fsp3) is 0.0625. The lowest BCUT2D eigenvalue weighted by Crippen LogP contribution is -2.05. The lowest BCUT2D eigenvalue weighted by atomic mass is 10.1. The molecule has 0 spiro atoms. The molecule has 6 nitrogen and oxygen atoms in total. The van der Waals surface area contributed by atoms with Crippen molar-refractivity contribution in [3.8, 4) is 11.4 Å². The minimum absolute atomic E-state index is 0.102. The Kier molecular flexibility index (Phi) is 3.57. The number of carbonyl (C=O) groups excluding carboxylic acids is 1. The molecule has 0 radical (unpaired) electrons. The molecule has 0 saturated carbocycles. The van der Waals surface area contributed by atoms with Crippen molar-refractivity contribution in [2.24, 2.45) is 0 Å². The Morgan fingerprint density at radius 3 is 2.36 bits per heavy atom. The van der Waals surface area contributed by atoms with Gasteiger partial charge in [0.25, 0.3) is 0 Å². The number of nitrogens with two attached hydrogens (primary N) is 1. The highest BCUT2D eigenvalue weighted by Crippen LogP contribution is 2.17. The van der Waals surface area contributed by atoms with Crippen molar-refractivity contribution < 1.29 is 9.53 Å². The fourth-order valence-corrected chi connectivity index (χ4v) is 2.04. The minimum Gasteiger partial charge on any atom is -0.497 e. The van der Waals surface area contributed by atoms with Gasteiger partial charge in [0.15, 0.2) is 11.5 Å². The average molecular weight is 294 g/mol. The number of ether oxygens (including phenoxy) is 1. The standard InChI is InChI=1S/C16H14N4O2/c1-22-13-9-7-12(8-10-13)20-18-14(16(17)19-20)15(21)11-5-3-2-4-6-11/h2-10H,1H3,(H2,17,19). The van der Waals surface area contributed by atoms with E-state index in [4.69, 9.17) is 10.5 Å². The van der Waals surface area contributed by atoms with Crippen LogP contribution in [0, 0.1) is 0 Å². The molecular weight excluding hydrogens is 280 g/mol. The number of benzene rings is 2. The molecule has 22 heavy (non-hydrogen) atoms. The number of rotatable bonds is 4. The van der Waals surface area contributed by atoms with E-state index in [9.17, 15) is 4.79 Å². The van der Waals surface area contributed by atoms with Crippen LogP contribution >= 0.6 is 0 Å². The monoisotopic (exact) mass is 294 g/mol. The summed E-state index contributed by atoms with van der Waals surface area (Å²) in [7, 11) is 1.59. The molecule has 0 amide bonds. The first-order valence-electron chi connectivity index (χ1n) is 6.66. The summed E-state index contributed by atoms with van der Waals surface area (Å²) < 4.78 is 5.10. The van der Waals surface area contributed by atoms with E-state index < -0.39 is 0 Å². The van der Waals surface area contributed by atoms with Crippen molar-refractivity contribution in [1.82, 2.24) is 15.0 Å². The number of hydrogen-bond acceptors (Lipinski definition) is 5. The SMILES string of the molecule is COc1ccc(-n2nc(N)c(C(=O)c3ccccc3)n2)cc1. The van der Waals surface area contributed by atoms with Gasteiger partial charge in [-0.3, -0.25) is 4.79 Å². The van der Waals surface area contributed by atoms with Gasteiger partial charge in [0.2, 0.25) is 5.78 Å². The summed E-state index contributed by atoms with van der Waals surface area (Å²) in [4.78, 5) is 13.7. The zero-order valence-corrected chi connectivity index (χ0v) is 11.9. The Morgan fingerprint density at radius 1 is 1.05 bits per heavy atom. The summed E-state index contributed by atoms with van der Waals surface area (Å²) in [5.74, 6) is 0.576. The van der Waals surface area contributed by atoms with Crippen molar-refractivity contribution in [3.63, 3.8) is 0 Å². The maximum absolute atomic E-state index is 12.4. The summed E-state index contributed by atoms with van der Waals surface area (Å²) in [6.07, 6.45) is 0. The number of aromatic nitrogens is 3. The first-order chi connectivity index (χ1) is 10.7. The third-order valence-electron chi connectivity index (χ3n) is 3.19. The third-order valence-corrected chi connectivity index (χ3v) is 3.19. The van der Waals surface area contributed by atoms with Gasteiger partial charge in [-0.2, -0.15) is 0 Å². The van der Waals surface area contributed by atoms with Crippen LogP contribution in [0.4, 0.5) is 5.82 Å². The predicted octanol–water partition coefficient (Wildman–Crippen LogP) is 2.09. The van der Waals surface area contributed by atoms with Gasteiger partial charge in [-0.15, -0.1) is 15.0 Å². The topological polar surface area (TPSA) is 83.0 Å². The summed E-state index contributed by atoms with van der Waals surface area (Å²) in [6, 6.07) is 16.0. The number of carbonyl (C=O) groups is 1. The second kappa shape index (κ2) is 5.69. The molecule has 2 aromatic carbocycles. The van der Waals surface area contributed by atoms with E-state index in [0.29, 0.717) is 11.3 Å². The molecule has 3 aromatic rings. The second-order valence-corrected chi connectivity index (χ2v) is 4.62. The van der Waals surface area contributed by atoms with Gasteiger partial charge in [0.05, 0.1) is 12.8 Å². The maximum Gasteiger partial charge on any atom is 0.217 e. The quantitative estimate of drug-likeness (QED) is 0.745. The van der Waals surface area contributed by atoms with Crippen LogP contribution in [0.1, 0.15) is 16.1 Å². The van der Waals surface area contributed by atoms with Crippen LogP contribution in [0.3, 0.4) is 0 Å². The second-order valence-electron chi connectivity index (χ2n) is 4.62. The van der Waals surface area contributed by atoms with Crippen LogP contribution in [0.25, 0.3) is 5.69 Å². The Balaban J connectivity index is 1.95. The maximum atomic E-state index is 12.4. The smallest absolute Gasteiger partial charge is 0.217 e. The molecule has 0 unspecified atom stereocenters. The molecular formula is C16H14N4O2. The Hall–Kier alpha value is -3.15. The number of hydrogen-bond donors (Lipinski definition) is 1. The van der Waals surface area contributed by atoms with Crippen LogP contribution in [0.15, 0.2) is 54.6 Å². The highest BCUT2D eigenvalue weighted by molar-refractivity contribution is 6.10. The van der Waals surface area contributed by atoms with Gasteiger partial charge < -0.3 is 10.5 Å². The lowest BCUT2D eigenvalue weighted by Gasteiger charge is -2.01. The molecule has 1 heterocycles. The number of nitrogens with zero attached hydrogens (tertiary/aromatic N) is 3. The van der Waals surface area contributed by atoms with Crippen LogP contribution in [-0.4, -0.2) is 27.9 Å². The molecule has 0 aliphatic heterocycles. The van der Waals surface area contributed by atoms with Gasteiger partial charge >= 0.3 is 0 Å². The van der Waals surface area contributed by atoms with Crippen LogP contribution in [0.5, 0.6) is 5.75 Å². The summed E-state index contributed by atoms with van der Waals surface area (Å²) in [5.41, 5.74) is 7.19. The summed E-state index contributed by atoms with van der Waals surface area (Å²) in [6.45, 7) is 0. The van der Waals surface area contributed by atoms with E-state index in [1.54, 1.807) is 55.6 Å². The summed E-state index contributed by atoms with van der Waals surface area (Å²) in [5, 5.41) is 8.31. The third kappa shape index (κ3) is 2.54. The van der Waals surface area contributed by atoms with E-state index in [2.05, 4.69) is 10.2 Å². The molecule has 0 aliphatic rings. The number of nitrogen functional groups attached to an aromatic ring is 1. The Morgan fingerprint density at radius 2 is 1.73 bits per heavy atom. The van der Waals surface area contributed by atoms with Gasteiger partial charge in [0, 0.05) is 5.56 Å². The molecule has 1 aromatic heterocycles. The molecule has 2 N–H and O–H groups in total. The Labute approximate surface area is 127 Å². The highest BCUT2D eigenvalue weighted by atomic mass is 16.5. The van der Waals surface area contributed by atoms with E-state index in [1.807, 2.05) is 6.07 Å². The minimum atomic E-state index is -0.252. The molecule has 110 valence electrons. The Bertz CT molecular complexity index is 795. The first kappa shape index (κ1) is 13.8. The van der Waals surface area contributed by atoms with Gasteiger partial charge in [-0.1, -0.05) is 30.3 Å². The molecule has 0 saturated heterocycles. The molecule has 3 rings (SSSR count). The van der Waals surface area contributed by atoms with E-state index in [1.165, 1.54) is 4.80 Å². The largest absolute Gasteiger partial charge is 0.497 e. The first-order valence-corrected chi connectivity index (χ1v) is 6.66. The van der Waals surface area contributed by atoms with E-state index >= 15 is 0 Å². The average Bonchev–Trinajstić information content (AvgIpc) is 2.97. The van der Waals surface area contributed by atoms with E-state index in [0.717, 1.165) is 5.75 Å². The van der Waals surface area contributed by atoms with Gasteiger partial charge in [0.1, 0.15) is 5.75 Å². The predicted molar refractivity (Wildman–Crippen MR) is 82.2 cm³/mol. The molecule has 0 atom stereocenters. The van der Waals surface area contributed by atoms with Crippen molar-refractivity contribution >= 4 is 11.6 Å².